The lowest BCUT2D eigenvalue weighted by atomic mass is 9.92. The maximum absolute atomic E-state index is 12.1. The number of amides is 2. The second-order valence-corrected chi connectivity index (χ2v) is 8.80. The molecule has 2 unspecified atom stereocenters. The number of likely N-dealkylation sites (tertiary alicyclic amines) is 1. The van der Waals surface area contributed by atoms with Gasteiger partial charge in [-0.2, -0.15) is 0 Å². The average Bonchev–Trinajstić information content (AvgIpc) is 3.06. The van der Waals surface area contributed by atoms with Crippen molar-refractivity contribution in [3.63, 3.8) is 0 Å². The number of piperidine rings is 1. The van der Waals surface area contributed by atoms with Gasteiger partial charge in [0.2, 0.25) is 11.8 Å². The Kier molecular flexibility index (Phi) is 9.90. The van der Waals surface area contributed by atoms with E-state index in [-0.39, 0.29) is 35.7 Å². The molecule has 3 N–H and O–H groups in total. The maximum atomic E-state index is 12.1. The Balaban J connectivity index is 0.00000338. The van der Waals surface area contributed by atoms with Gasteiger partial charge < -0.3 is 16.0 Å². The van der Waals surface area contributed by atoms with Crippen molar-refractivity contribution in [2.24, 2.45) is 11.3 Å². The van der Waals surface area contributed by atoms with Crippen LogP contribution in [0.15, 0.2) is 0 Å². The van der Waals surface area contributed by atoms with E-state index in [1.54, 1.807) is 0 Å². The van der Waals surface area contributed by atoms with Crippen molar-refractivity contribution >= 4 is 24.2 Å². The Morgan fingerprint density at radius 2 is 1.92 bits per heavy atom. The van der Waals surface area contributed by atoms with Gasteiger partial charge in [0.25, 0.3) is 0 Å². The van der Waals surface area contributed by atoms with Crippen LogP contribution in [-0.4, -0.2) is 62.0 Å². The van der Waals surface area contributed by atoms with Gasteiger partial charge in [0.1, 0.15) is 0 Å². The largest absolute Gasteiger partial charge is 0.355 e. The van der Waals surface area contributed by atoms with E-state index in [0.29, 0.717) is 12.5 Å². The monoisotopic (exact) mass is 388 g/mol. The molecule has 0 aromatic heterocycles. The molecule has 7 heteroatoms. The molecule has 0 aromatic carbocycles. The highest BCUT2D eigenvalue weighted by atomic mass is 35.5. The van der Waals surface area contributed by atoms with Gasteiger partial charge in [-0.1, -0.05) is 20.8 Å². The lowest BCUT2D eigenvalue weighted by molar-refractivity contribution is -0.124. The summed E-state index contributed by atoms with van der Waals surface area (Å²) in [6.07, 6.45) is 5.23. The van der Waals surface area contributed by atoms with Crippen molar-refractivity contribution < 1.29 is 9.59 Å². The summed E-state index contributed by atoms with van der Waals surface area (Å²) in [6, 6.07) is -0.00622. The standard InChI is InChI=1S/C19H36N4O2.ClH/c1-19(2,3)8-10-21-17(24)14-23-11-5-6-15(13-23)12-22-18(25)16-7-4-9-20-16;/h15-16,20H,4-14H2,1-3H3,(H,21,24)(H,22,25);1H. The number of halogens is 1. The third kappa shape index (κ3) is 8.69. The normalized spacial score (nSPS) is 24.0. The zero-order valence-electron chi connectivity index (χ0n) is 16.6. The number of hydrogen-bond donors (Lipinski definition) is 3. The molecule has 2 heterocycles. The van der Waals surface area contributed by atoms with Gasteiger partial charge in [-0.25, -0.2) is 0 Å². The predicted octanol–water partition coefficient (Wildman–Crippen LogP) is 1.54. The van der Waals surface area contributed by atoms with E-state index in [1.807, 2.05) is 0 Å². The Hall–Kier alpha value is -0.850. The minimum absolute atomic E-state index is 0. The van der Waals surface area contributed by atoms with E-state index in [9.17, 15) is 9.59 Å². The van der Waals surface area contributed by atoms with Gasteiger partial charge in [0, 0.05) is 19.6 Å². The van der Waals surface area contributed by atoms with Crippen LogP contribution in [0.3, 0.4) is 0 Å². The second kappa shape index (κ2) is 11.1. The van der Waals surface area contributed by atoms with Gasteiger partial charge in [0.15, 0.2) is 0 Å². The van der Waals surface area contributed by atoms with Crippen molar-refractivity contribution in [3.8, 4) is 0 Å². The van der Waals surface area contributed by atoms with Crippen LogP contribution in [0.1, 0.15) is 52.9 Å². The van der Waals surface area contributed by atoms with Crippen LogP contribution in [-0.2, 0) is 9.59 Å². The van der Waals surface area contributed by atoms with Crippen LogP contribution in [0.4, 0.5) is 0 Å². The SMILES string of the molecule is CC(C)(C)CCNC(=O)CN1CCCC(CNC(=O)C2CCCN2)C1.Cl. The van der Waals surface area contributed by atoms with E-state index in [2.05, 4.69) is 41.6 Å². The average molecular weight is 389 g/mol. The number of rotatable bonds is 7. The molecule has 2 rings (SSSR count). The van der Waals surface area contributed by atoms with Crippen molar-refractivity contribution in [1.82, 2.24) is 20.9 Å². The molecule has 0 aromatic rings. The molecule has 6 nitrogen and oxygen atoms in total. The van der Waals surface area contributed by atoms with E-state index >= 15 is 0 Å². The van der Waals surface area contributed by atoms with E-state index in [1.165, 1.54) is 0 Å². The topological polar surface area (TPSA) is 73.5 Å². The lowest BCUT2D eigenvalue weighted by Gasteiger charge is -2.32. The van der Waals surface area contributed by atoms with Gasteiger partial charge in [-0.15, -0.1) is 12.4 Å². The highest BCUT2D eigenvalue weighted by Crippen LogP contribution is 2.17. The van der Waals surface area contributed by atoms with Gasteiger partial charge in [-0.05, 0) is 56.5 Å². The highest BCUT2D eigenvalue weighted by molar-refractivity contribution is 5.85. The fraction of sp³-hybridized carbons (Fsp3) is 0.895. The summed E-state index contributed by atoms with van der Waals surface area (Å²) < 4.78 is 0. The molecule has 26 heavy (non-hydrogen) atoms. The van der Waals surface area contributed by atoms with E-state index < -0.39 is 0 Å². The van der Waals surface area contributed by atoms with Crippen molar-refractivity contribution in [1.29, 1.82) is 0 Å². The third-order valence-corrected chi connectivity index (χ3v) is 5.11. The highest BCUT2D eigenvalue weighted by Gasteiger charge is 2.25. The zero-order chi connectivity index (χ0) is 18.3. The summed E-state index contributed by atoms with van der Waals surface area (Å²) in [5, 5.41) is 9.35. The number of carbonyl (C=O) groups excluding carboxylic acids is 2. The molecule has 0 radical (unpaired) electrons. The first-order chi connectivity index (χ1) is 11.8. The predicted molar refractivity (Wildman–Crippen MR) is 108 cm³/mol. The Morgan fingerprint density at radius 1 is 1.15 bits per heavy atom. The maximum Gasteiger partial charge on any atom is 0.237 e. The molecule has 2 atom stereocenters. The fourth-order valence-corrected chi connectivity index (χ4v) is 3.57. The van der Waals surface area contributed by atoms with Gasteiger partial charge in [0.05, 0.1) is 12.6 Å². The molecule has 0 bridgehead atoms. The lowest BCUT2D eigenvalue weighted by Crippen LogP contribution is -2.47. The molecule has 2 aliphatic rings. The molecule has 0 saturated carbocycles. The van der Waals surface area contributed by atoms with E-state index in [4.69, 9.17) is 0 Å². The van der Waals surface area contributed by atoms with Crippen molar-refractivity contribution in [2.75, 3.05) is 39.3 Å². The smallest absolute Gasteiger partial charge is 0.237 e. The summed E-state index contributed by atoms with van der Waals surface area (Å²) in [6.45, 7) is 11.3. The van der Waals surface area contributed by atoms with Crippen LogP contribution in [0.25, 0.3) is 0 Å². The van der Waals surface area contributed by atoms with Crippen molar-refractivity contribution in [3.05, 3.63) is 0 Å². The summed E-state index contributed by atoms with van der Waals surface area (Å²) in [5.41, 5.74) is 0.246. The minimum Gasteiger partial charge on any atom is -0.355 e. The first kappa shape index (κ1) is 23.2. The summed E-state index contributed by atoms with van der Waals surface area (Å²) in [7, 11) is 0. The number of carbonyl (C=O) groups is 2. The Bertz CT molecular complexity index is 447. The van der Waals surface area contributed by atoms with Crippen LogP contribution in [0.2, 0.25) is 0 Å². The van der Waals surface area contributed by atoms with Crippen LogP contribution in [0, 0.1) is 11.3 Å². The summed E-state index contributed by atoms with van der Waals surface area (Å²) >= 11 is 0. The minimum atomic E-state index is -0.00622. The van der Waals surface area contributed by atoms with E-state index in [0.717, 1.165) is 64.8 Å². The molecule has 152 valence electrons. The molecule has 2 aliphatic heterocycles. The summed E-state index contributed by atoms with van der Waals surface area (Å²) in [5.74, 6) is 0.695. The molecular formula is C19H37ClN4O2. The molecule has 2 amide bonds. The van der Waals surface area contributed by atoms with Gasteiger partial charge >= 0.3 is 0 Å². The van der Waals surface area contributed by atoms with Crippen LogP contribution < -0.4 is 16.0 Å². The number of hydrogen-bond acceptors (Lipinski definition) is 4. The molecular weight excluding hydrogens is 352 g/mol. The fourth-order valence-electron chi connectivity index (χ4n) is 3.57. The Morgan fingerprint density at radius 3 is 2.58 bits per heavy atom. The zero-order valence-corrected chi connectivity index (χ0v) is 17.4. The number of nitrogens with zero attached hydrogens (tertiary/aromatic N) is 1. The Labute approximate surface area is 164 Å². The first-order valence-corrected chi connectivity index (χ1v) is 9.84. The van der Waals surface area contributed by atoms with Crippen molar-refractivity contribution in [2.45, 2.75) is 58.9 Å². The second-order valence-electron chi connectivity index (χ2n) is 8.80. The molecule has 2 fully saturated rings. The first-order valence-electron chi connectivity index (χ1n) is 9.84. The number of nitrogens with one attached hydrogen (secondary N) is 3. The summed E-state index contributed by atoms with van der Waals surface area (Å²) in [4.78, 5) is 26.4. The van der Waals surface area contributed by atoms with Gasteiger partial charge in [-0.3, -0.25) is 14.5 Å². The van der Waals surface area contributed by atoms with Crippen LogP contribution >= 0.6 is 12.4 Å². The molecule has 0 aliphatic carbocycles. The quantitative estimate of drug-likeness (QED) is 0.618. The molecule has 2 saturated heterocycles. The van der Waals surface area contributed by atoms with Crippen LogP contribution in [0.5, 0.6) is 0 Å². The third-order valence-electron chi connectivity index (χ3n) is 5.11. The molecule has 0 spiro atoms.